The molecule has 2 rings (SSSR count). The van der Waals surface area contributed by atoms with Gasteiger partial charge in [-0.3, -0.25) is 4.79 Å². The molecule has 0 aliphatic heterocycles. The summed E-state index contributed by atoms with van der Waals surface area (Å²) in [4.78, 5) is 11.6. The summed E-state index contributed by atoms with van der Waals surface area (Å²) in [6.45, 7) is -0.00579. The zero-order chi connectivity index (χ0) is 12.3. The molecule has 0 spiro atoms. The van der Waals surface area contributed by atoms with Gasteiger partial charge in [0.15, 0.2) is 6.61 Å². The van der Waals surface area contributed by atoms with Crippen LogP contribution in [0.25, 0.3) is 0 Å². The summed E-state index contributed by atoms with van der Waals surface area (Å²) in [5, 5.41) is 0. The van der Waals surface area contributed by atoms with Crippen molar-refractivity contribution < 1.29 is 14.1 Å². The Kier molecular flexibility index (Phi) is 3.94. The second-order valence-electron chi connectivity index (χ2n) is 5.05. The van der Waals surface area contributed by atoms with Crippen molar-refractivity contribution in [3.8, 4) is 12.3 Å². The minimum Gasteiger partial charge on any atom is -0.452 e. The van der Waals surface area contributed by atoms with E-state index in [-0.39, 0.29) is 30.1 Å². The average molecular weight is 254 g/mol. The lowest BCUT2D eigenvalue weighted by molar-refractivity contribution is -0.139. The van der Waals surface area contributed by atoms with E-state index in [4.69, 9.17) is 11.2 Å². The summed E-state index contributed by atoms with van der Waals surface area (Å²) in [6.07, 6.45) is 11.6. The molecule has 0 atom stereocenters. The minimum absolute atomic E-state index is 0.00579. The smallest absolute Gasteiger partial charge is 0.314 e. The van der Waals surface area contributed by atoms with Crippen LogP contribution < -0.4 is 0 Å². The van der Waals surface area contributed by atoms with Gasteiger partial charge < -0.3 is 9.30 Å². The van der Waals surface area contributed by atoms with Crippen LogP contribution in [0, 0.1) is 12.3 Å². The number of hydrogen-bond acceptors (Lipinski definition) is 3. The number of carbonyl (C=O) groups is 1. The molecule has 2 aliphatic rings. The quantitative estimate of drug-likeness (QED) is 0.430. The number of ether oxygens (including phenoxy) is 1. The highest BCUT2D eigenvalue weighted by atomic mass is 31.2. The third-order valence-corrected chi connectivity index (χ3v) is 8.34. The van der Waals surface area contributed by atoms with E-state index < -0.39 is 7.14 Å². The third-order valence-electron chi connectivity index (χ3n) is 4.08. The number of hydrogen-bond donors (Lipinski definition) is 0. The van der Waals surface area contributed by atoms with Gasteiger partial charge in [-0.25, -0.2) is 0 Å². The Hall–Kier alpha value is -0.740. The van der Waals surface area contributed by atoms with E-state index in [9.17, 15) is 9.36 Å². The number of esters is 1. The Balaban J connectivity index is 1.98. The molecule has 0 saturated heterocycles. The number of rotatable bonds is 5. The lowest BCUT2D eigenvalue weighted by atomic mass is 9.99. The van der Waals surface area contributed by atoms with Gasteiger partial charge in [0.25, 0.3) is 0 Å². The maximum Gasteiger partial charge on any atom is 0.314 e. The van der Waals surface area contributed by atoms with Gasteiger partial charge in [-0.05, 0) is 25.7 Å². The highest BCUT2D eigenvalue weighted by Gasteiger charge is 2.46. The monoisotopic (exact) mass is 254 g/mol. The fourth-order valence-electron chi connectivity index (χ4n) is 2.57. The topological polar surface area (TPSA) is 43.4 Å². The zero-order valence-corrected chi connectivity index (χ0v) is 11.0. The Morgan fingerprint density at radius 3 is 2.12 bits per heavy atom. The molecule has 0 N–H and O–H groups in total. The predicted octanol–water partition coefficient (Wildman–Crippen LogP) is 2.63. The Morgan fingerprint density at radius 2 is 1.76 bits per heavy atom. The minimum atomic E-state index is -2.37. The van der Waals surface area contributed by atoms with Crippen LogP contribution in [0.5, 0.6) is 0 Å². The zero-order valence-electron chi connectivity index (χ0n) is 10.1. The molecule has 4 heteroatoms. The van der Waals surface area contributed by atoms with Crippen molar-refractivity contribution in [2.24, 2.45) is 0 Å². The van der Waals surface area contributed by atoms with Crippen LogP contribution in [0.4, 0.5) is 0 Å². The van der Waals surface area contributed by atoms with Crippen LogP contribution in [-0.4, -0.2) is 30.1 Å². The number of terminal acetylenes is 1. The summed E-state index contributed by atoms with van der Waals surface area (Å²) in [5.74, 6) is 1.90. The molecule has 0 bridgehead atoms. The fraction of sp³-hybridized carbons (Fsp3) is 0.769. The maximum atomic E-state index is 13.0. The van der Waals surface area contributed by atoms with Crippen molar-refractivity contribution >= 4 is 13.1 Å². The largest absolute Gasteiger partial charge is 0.452 e. The van der Waals surface area contributed by atoms with Crippen molar-refractivity contribution in [1.82, 2.24) is 0 Å². The SMILES string of the molecule is C#CCOC(=O)CP(=O)(C1CCC1)C1CCC1. The summed E-state index contributed by atoms with van der Waals surface area (Å²) in [5.41, 5.74) is 0.567. The highest BCUT2D eigenvalue weighted by Crippen LogP contribution is 2.65. The summed E-state index contributed by atoms with van der Waals surface area (Å²) in [7, 11) is -2.37. The molecule has 0 aromatic rings. The summed E-state index contributed by atoms with van der Waals surface area (Å²) in [6, 6.07) is 0. The Bertz CT molecular complexity index is 357. The molecule has 3 nitrogen and oxygen atoms in total. The normalized spacial score (nSPS) is 21.1. The van der Waals surface area contributed by atoms with Crippen molar-refractivity contribution in [2.75, 3.05) is 12.8 Å². The van der Waals surface area contributed by atoms with Crippen LogP contribution in [0.1, 0.15) is 38.5 Å². The van der Waals surface area contributed by atoms with Gasteiger partial charge in [0.05, 0.1) is 6.16 Å². The molecule has 17 heavy (non-hydrogen) atoms. The van der Waals surface area contributed by atoms with Crippen LogP contribution in [0.2, 0.25) is 0 Å². The van der Waals surface area contributed by atoms with Gasteiger partial charge in [0.2, 0.25) is 0 Å². The van der Waals surface area contributed by atoms with Gasteiger partial charge >= 0.3 is 5.97 Å². The van der Waals surface area contributed by atoms with Gasteiger partial charge in [-0.15, -0.1) is 6.42 Å². The van der Waals surface area contributed by atoms with Gasteiger partial charge in [-0.2, -0.15) is 0 Å². The first kappa shape index (κ1) is 12.7. The van der Waals surface area contributed by atoms with E-state index in [0.717, 1.165) is 38.5 Å². The van der Waals surface area contributed by atoms with Crippen molar-refractivity contribution in [3.05, 3.63) is 0 Å². The summed E-state index contributed by atoms with van der Waals surface area (Å²) >= 11 is 0. The van der Waals surface area contributed by atoms with E-state index in [1.807, 2.05) is 0 Å². The molecule has 0 amide bonds. The molecule has 0 heterocycles. The highest BCUT2D eigenvalue weighted by molar-refractivity contribution is 7.66. The molecule has 2 saturated carbocycles. The molecule has 2 fully saturated rings. The van der Waals surface area contributed by atoms with Crippen LogP contribution in [0.3, 0.4) is 0 Å². The molecule has 0 unspecified atom stereocenters. The predicted molar refractivity (Wildman–Crippen MR) is 67.5 cm³/mol. The van der Waals surface area contributed by atoms with Crippen molar-refractivity contribution in [3.63, 3.8) is 0 Å². The molecular formula is C13H19O3P. The second-order valence-corrected chi connectivity index (χ2v) is 8.53. The van der Waals surface area contributed by atoms with E-state index in [1.54, 1.807) is 0 Å². The second kappa shape index (κ2) is 5.27. The molecule has 0 aromatic heterocycles. The van der Waals surface area contributed by atoms with Crippen molar-refractivity contribution in [2.45, 2.75) is 49.8 Å². The fourth-order valence-corrected chi connectivity index (χ4v) is 6.66. The number of carbonyl (C=O) groups excluding carboxylic acids is 1. The van der Waals surface area contributed by atoms with E-state index in [1.165, 1.54) is 0 Å². The Labute approximate surface area is 103 Å². The standard InChI is InChI=1S/C13H19O3P/c1-2-9-16-13(14)10-17(15,11-5-3-6-11)12-7-4-8-12/h1,11-12H,3-10H2. The molecule has 94 valence electrons. The average Bonchev–Trinajstić information content (AvgIpc) is 2.07. The Morgan fingerprint density at radius 1 is 1.24 bits per heavy atom. The summed E-state index contributed by atoms with van der Waals surface area (Å²) < 4.78 is 17.9. The third kappa shape index (κ3) is 2.58. The van der Waals surface area contributed by atoms with E-state index in [0.29, 0.717) is 0 Å². The first-order valence-electron chi connectivity index (χ1n) is 6.34. The first-order valence-corrected chi connectivity index (χ1v) is 8.37. The molecule has 2 aliphatic carbocycles. The molecule has 0 radical (unpaired) electrons. The van der Waals surface area contributed by atoms with E-state index in [2.05, 4.69) is 5.92 Å². The maximum absolute atomic E-state index is 13.0. The van der Waals surface area contributed by atoms with Gasteiger partial charge in [0.1, 0.15) is 7.14 Å². The lowest BCUT2D eigenvalue weighted by Crippen LogP contribution is -2.32. The molecular weight excluding hydrogens is 235 g/mol. The first-order chi connectivity index (χ1) is 8.16. The van der Waals surface area contributed by atoms with E-state index >= 15 is 0 Å². The van der Waals surface area contributed by atoms with Crippen molar-refractivity contribution in [1.29, 1.82) is 0 Å². The van der Waals surface area contributed by atoms with Gasteiger partial charge in [-0.1, -0.05) is 18.8 Å². The van der Waals surface area contributed by atoms with Crippen LogP contribution in [-0.2, 0) is 14.1 Å². The van der Waals surface area contributed by atoms with Crippen LogP contribution >= 0.6 is 7.14 Å². The van der Waals surface area contributed by atoms with Gasteiger partial charge in [0, 0.05) is 11.3 Å². The lowest BCUT2D eigenvalue weighted by Gasteiger charge is -2.42. The molecule has 0 aromatic carbocycles. The van der Waals surface area contributed by atoms with Crippen LogP contribution in [0.15, 0.2) is 0 Å².